The molecule has 1 heterocycles. The van der Waals surface area contributed by atoms with Gasteiger partial charge in [0.1, 0.15) is 5.82 Å². The molecule has 2 aromatic carbocycles. The first-order chi connectivity index (χ1) is 13.6. The molecule has 0 fully saturated rings. The van der Waals surface area contributed by atoms with Gasteiger partial charge < -0.3 is 24.7 Å². The second kappa shape index (κ2) is 8.94. The fourth-order valence-electron chi connectivity index (χ4n) is 2.86. The van der Waals surface area contributed by atoms with E-state index in [1.165, 1.54) is 19.2 Å². The summed E-state index contributed by atoms with van der Waals surface area (Å²) >= 11 is 0. The fourth-order valence-corrected chi connectivity index (χ4v) is 2.86. The number of benzene rings is 2. The molecule has 7 heteroatoms. The number of hydrogen-bond donors (Lipinski definition) is 2. The molecule has 28 heavy (non-hydrogen) atoms. The quantitative estimate of drug-likeness (QED) is 0.648. The van der Waals surface area contributed by atoms with Gasteiger partial charge in [-0.3, -0.25) is 0 Å². The summed E-state index contributed by atoms with van der Waals surface area (Å²) in [6.07, 6.45) is 1.90. The average Bonchev–Trinajstić information content (AvgIpc) is 3.13. The normalized spacial score (nSPS) is 10.4. The molecule has 3 rings (SSSR count). The Bertz CT molecular complexity index is 956. The minimum atomic E-state index is -0.342. The molecular weight excluding hydrogens is 361 g/mol. The highest BCUT2D eigenvalue weighted by molar-refractivity contribution is 5.89. The third kappa shape index (κ3) is 4.82. The van der Waals surface area contributed by atoms with E-state index in [9.17, 15) is 9.18 Å². The summed E-state index contributed by atoms with van der Waals surface area (Å²) < 4.78 is 25.7. The van der Waals surface area contributed by atoms with E-state index in [1.807, 2.05) is 29.0 Å². The SMILES string of the molecule is COc1ccc(NC(=O)NCc2cccn2Cc2cccc(F)c2)cc1OC. The third-order valence-electron chi connectivity index (χ3n) is 4.24. The van der Waals surface area contributed by atoms with Crippen LogP contribution in [0.15, 0.2) is 60.8 Å². The Morgan fingerprint density at radius 3 is 2.61 bits per heavy atom. The summed E-state index contributed by atoms with van der Waals surface area (Å²) in [6.45, 7) is 0.862. The largest absolute Gasteiger partial charge is 0.493 e. The van der Waals surface area contributed by atoms with Crippen LogP contribution in [0.4, 0.5) is 14.9 Å². The topological polar surface area (TPSA) is 64.5 Å². The molecule has 2 amide bonds. The summed E-state index contributed by atoms with van der Waals surface area (Å²) in [6, 6.07) is 15.1. The zero-order valence-corrected chi connectivity index (χ0v) is 15.7. The number of ether oxygens (including phenoxy) is 2. The number of urea groups is 1. The standard InChI is InChI=1S/C21H22FN3O3/c1-27-19-9-8-17(12-20(19)28-2)24-21(26)23-13-18-7-4-10-25(18)14-15-5-3-6-16(22)11-15/h3-12H,13-14H2,1-2H3,(H2,23,24,26). The highest BCUT2D eigenvalue weighted by Crippen LogP contribution is 2.29. The van der Waals surface area contributed by atoms with E-state index in [-0.39, 0.29) is 11.8 Å². The number of halogens is 1. The van der Waals surface area contributed by atoms with Crippen LogP contribution in [0.2, 0.25) is 0 Å². The van der Waals surface area contributed by atoms with Crippen LogP contribution >= 0.6 is 0 Å². The number of carbonyl (C=O) groups is 1. The predicted molar refractivity (Wildman–Crippen MR) is 105 cm³/mol. The molecule has 6 nitrogen and oxygen atoms in total. The van der Waals surface area contributed by atoms with Crippen molar-refractivity contribution in [3.63, 3.8) is 0 Å². The van der Waals surface area contributed by atoms with Gasteiger partial charge in [-0.05, 0) is 42.0 Å². The lowest BCUT2D eigenvalue weighted by Gasteiger charge is -2.13. The highest BCUT2D eigenvalue weighted by atomic mass is 19.1. The minimum absolute atomic E-state index is 0.265. The molecule has 0 unspecified atom stereocenters. The number of carbonyl (C=O) groups excluding carboxylic acids is 1. The van der Waals surface area contributed by atoms with Crippen LogP contribution in [0.25, 0.3) is 0 Å². The van der Waals surface area contributed by atoms with Crippen LogP contribution in [0.5, 0.6) is 11.5 Å². The zero-order chi connectivity index (χ0) is 19.9. The van der Waals surface area contributed by atoms with Gasteiger partial charge in [0.2, 0.25) is 0 Å². The Labute approximate surface area is 162 Å². The number of anilines is 1. The molecule has 1 aromatic heterocycles. The molecule has 0 saturated carbocycles. The van der Waals surface area contributed by atoms with Gasteiger partial charge in [0.05, 0.1) is 20.8 Å². The van der Waals surface area contributed by atoms with E-state index in [0.29, 0.717) is 30.3 Å². The van der Waals surface area contributed by atoms with Gasteiger partial charge in [0.15, 0.2) is 11.5 Å². The zero-order valence-electron chi connectivity index (χ0n) is 15.7. The third-order valence-corrected chi connectivity index (χ3v) is 4.24. The first kappa shape index (κ1) is 19.3. The van der Waals surface area contributed by atoms with Crippen molar-refractivity contribution in [1.82, 2.24) is 9.88 Å². The van der Waals surface area contributed by atoms with Gasteiger partial charge in [-0.15, -0.1) is 0 Å². The van der Waals surface area contributed by atoms with E-state index in [4.69, 9.17) is 9.47 Å². The second-order valence-electron chi connectivity index (χ2n) is 6.13. The molecular formula is C21H22FN3O3. The molecule has 0 saturated heterocycles. The Kier molecular flexibility index (Phi) is 6.16. The lowest BCUT2D eigenvalue weighted by atomic mass is 10.2. The average molecular weight is 383 g/mol. The first-order valence-electron chi connectivity index (χ1n) is 8.74. The number of aromatic nitrogens is 1. The summed E-state index contributed by atoms with van der Waals surface area (Å²) in [4.78, 5) is 12.2. The van der Waals surface area contributed by atoms with E-state index >= 15 is 0 Å². The molecule has 3 aromatic rings. The van der Waals surface area contributed by atoms with E-state index < -0.39 is 0 Å². The van der Waals surface area contributed by atoms with Crippen molar-refractivity contribution < 1.29 is 18.7 Å². The maximum absolute atomic E-state index is 13.4. The molecule has 0 spiro atoms. The fraction of sp³-hybridized carbons (Fsp3) is 0.190. The van der Waals surface area contributed by atoms with Crippen molar-refractivity contribution in [1.29, 1.82) is 0 Å². The van der Waals surface area contributed by atoms with Crippen molar-refractivity contribution in [2.75, 3.05) is 19.5 Å². The summed E-state index contributed by atoms with van der Waals surface area (Å²) in [5.41, 5.74) is 2.35. The van der Waals surface area contributed by atoms with Gasteiger partial charge >= 0.3 is 6.03 Å². The highest BCUT2D eigenvalue weighted by Gasteiger charge is 2.09. The summed E-state index contributed by atoms with van der Waals surface area (Å²) in [7, 11) is 3.09. The number of rotatable bonds is 7. The lowest BCUT2D eigenvalue weighted by molar-refractivity contribution is 0.251. The smallest absolute Gasteiger partial charge is 0.319 e. The predicted octanol–water partition coefficient (Wildman–Crippen LogP) is 4.01. The minimum Gasteiger partial charge on any atom is -0.493 e. The monoisotopic (exact) mass is 383 g/mol. The van der Waals surface area contributed by atoms with Crippen molar-refractivity contribution in [3.05, 3.63) is 77.9 Å². The van der Waals surface area contributed by atoms with Crippen molar-refractivity contribution in [3.8, 4) is 11.5 Å². The van der Waals surface area contributed by atoms with Gasteiger partial charge in [-0.25, -0.2) is 9.18 Å². The van der Waals surface area contributed by atoms with Crippen molar-refractivity contribution in [2.24, 2.45) is 0 Å². The van der Waals surface area contributed by atoms with Crippen molar-refractivity contribution in [2.45, 2.75) is 13.1 Å². The van der Waals surface area contributed by atoms with Crippen LogP contribution < -0.4 is 20.1 Å². The van der Waals surface area contributed by atoms with Crippen LogP contribution in [0.1, 0.15) is 11.3 Å². The molecule has 0 bridgehead atoms. The van der Waals surface area contributed by atoms with Gasteiger partial charge in [0, 0.05) is 30.2 Å². The maximum atomic E-state index is 13.4. The first-order valence-corrected chi connectivity index (χ1v) is 8.74. The van der Waals surface area contributed by atoms with Crippen LogP contribution in [0, 0.1) is 5.82 Å². The van der Waals surface area contributed by atoms with Crippen LogP contribution in [-0.4, -0.2) is 24.8 Å². The van der Waals surface area contributed by atoms with Gasteiger partial charge in [-0.2, -0.15) is 0 Å². The second-order valence-corrected chi connectivity index (χ2v) is 6.13. The molecule has 146 valence electrons. The maximum Gasteiger partial charge on any atom is 0.319 e. The number of hydrogen-bond acceptors (Lipinski definition) is 3. The Balaban J connectivity index is 1.59. The van der Waals surface area contributed by atoms with E-state index in [2.05, 4.69) is 10.6 Å². The Morgan fingerprint density at radius 1 is 1.04 bits per heavy atom. The Morgan fingerprint density at radius 2 is 1.86 bits per heavy atom. The van der Waals surface area contributed by atoms with Crippen LogP contribution in [0.3, 0.4) is 0 Å². The molecule has 0 aliphatic heterocycles. The van der Waals surface area contributed by atoms with E-state index in [0.717, 1.165) is 11.3 Å². The molecule has 0 radical (unpaired) electrons. The van der Waals surface area contributed by atoms with Crippen molar-refractivity contribution >= 4 is 11.7 Å². The molecule has 0 aliphatic carbocycles. The molecule has 0 atom stereocenters. The number of nitrogens with one attached hydrogen (secondary N) is 2. The summed E-state index contributed by atoms with van der Waals surface area (Å²) in [5, 5.41) is 5.58. The van der Waals surface area contributed by atoms with Crippen LogP contribution in [-0.2, 0) is 13.1 Å². The van der Waals surface area contributed by atoms with Gasteiger partial charge in [-0.1, -0.05) is 12.1 Å². The van der Waals surface area contributed by atoms with E-state index in [1.54, 1.807) is 31.4 Å². The molecule has 2 N–H and O–H groups in total. The summed E-state index contributed by atoms with van der Waals surface area (Å²) in [5.74, 6) is 0.853. The Hall–Kier alpha value is -3.48. The lowest BCUT2D eigenvalue weighted by Crippen LogP contribution is -2.29. The number of amides is 2. The number of methoxy groups -OCH3 is 2. The molecule has 0 aliphatic rings. The number of nitrogens with zero attached hydrogens (tertiary/aromatic N) is 1. The van der Waals surface area contributed by atoms with Gasteiger partial charge in [0.25, 0.3) is 0 Å².